The molecule has 0 bridgehead atoms. The first-order valence-electron chi connectivity index (χ1n) is 5.17. The second-order valence-corrected chi connectivity index (χ2v) is 3.87. The van der Waals surface area contributed by atoms with E-state index in [2.05, 4.69) is 10.3 Å². The minimum absolute atomic E-state index is 0.146. The van der Waals surface area contributed by atoms with Crippen LogP contribution in [-0.4, -0.2) is 41.6 Å². The lowest BCUT2D eigenvalue weighted by molar-refractivity contribution is 0.0892. The minimum Gasteiger partial charge on any atom is -0.505 e. The highest BCUT2D eigenvalue weighted by Gasteiger charge is 2.15. The number of halogens is 1. The zero-order chi connectivity index (χ0) is 12.7. The van der Waals surface area contributed by atoms with Crippen LogP contribution in [0.15, 0.2) is 18.5 Å². The summed E-state index contributed by atoms with van der Waals surface area (Å²) in [7, 11) is 1.55. The fraction of sp³-hybridized carbons (Fsp3) is 0.455. The van der Waals surface area contributed by atoms with E-state index in [1.807, 2.05) is 0 Å². The molecule has 17 heavy (non-hydrogen) atoms. The number of nitrogens with one attached hydrogen (secondary N) is 1. The van der Waals surface area contributed by atoms with Crippen LogP contribution >= 0.6 is 11.6 Å². The summed E-state index contributed by atoms with van der Waals surface area (Å²) in [6, 6.07) is 1.28. The van der Waals surface area contributed by atoms with Crippen LogP contribution in [0, 0.1) is 0 Å². The highest BCUT2D eigenvalue weighted by atomic mass is 35.5. The number of nitrogens with zero attached hydrogens (tertiary/aromatic N) is 1. The monoisotopic (exact) mass is 258 g/mol. The van der Waals surface area contributed by atoms with Gasteiger partial charge in [-0.1, -0.05) is 0 Å². The number of carbonyl (C=O) groups excluding carboxylic acids is 1. The Hall–Kier alpha value is -1.33. The molecule has 0 fully saturated rings. The number of hydrogen-bond donors (Lipinski definition) is 2. The summed E-state index contributed by atoms with van der Waals surface area (Å²) in [5, 5.41) is 12.2. The average molecular weight is 259 g/mol. The van der Waals surface area contributed by atoms with Gasteiger partial charge in [-0.25, -0.2) is 0 Å². The molecular formula is C11H15ClN2O3. The molecule has 0 aliphatic heterocycles. The van der Waals surface area contributed by atoms with Crippen molar-refractivity contribution in [2.75, 3.05) is 19.6 Å². The zero-order valence-electron chi connectivity index (χ0n) is 9.52. The van der Waals surface area contributed by atoms with Crippen molar-refractivity contribution in [3.63, 3.8) is 0 Å². The summed E-state index contributed by atoms with van der Waals surface area (Å²) < 4.78 is 4.98. The number of pyridine rings is 1. The third kappa shape index (κ3) is 4.20. The van der Waals surface area contributed by atoms with Gasteiger partial charge in [0.1, 0.15) is 5.75 Å². The molecule has 1 heterocycles. The quantitative estimate of drug-likeness (QED) is 0.751. The first-order chi connectivity index (χ1) is 8.19. The molecule has 1 amide bonds. The molecule has 5 nitrogen and oxygen atoms in total. The van der Waals surface area contributed by atoms with Crippen molar-refractivity contribution in [2.45, 2.75) is 12.5 Å². The zero-order valence-corrected chi connectivity index (χ0v) is 10.3. The summed E-state index contributed by atoms with van der Waals surface area (Å²) in [6.07, 6.45) is 3.27. The molecule has 0 saturated carbocycles. The van der Waals surface area contributed by atoms with Crippen molar-refractivity contribution in [1.29, 1.82) is 0 Å². The first kappa shape index (κ1) is 13.7. The number of ether oxygens (including phenoxy) is 1. The van der Waals surface area contributed by atoms with Crippen LogP contribution in [-0.2, 0) is 4.74 Å². The van der Waals surface area contributed by atoms with Crippen LogP contribution in [0.1, 0.15) is 16.8 Å². The number of amides is 1. The molecule has 0 aliphatic carbocycles. The van der Waals surface area contributed by atoms with E-state index >= 15 is 0 Å². The van der Waals surface area contributed by atoms with Gasteiger partial charge in [-0.05, 0) is 12.5 Å². The second kappa shape index (κ2) is 7.09. The molecule has 0 aromatic carbocycles. The predicted molar refractivity (Wildman–Crippen MR) is 64.4 cm³/mol. The van der Waals surface area contributed by atoms with Gasteiger partial charge in [0.25, 0.3) is 5.91 Å². The molecule has 0 saturated heterocycles. The summed E-state index contributed by atoms with van der Waals surface area (Å²) in [5.74, 6) is -0.0829. The molecule has 1 aromatic heterocycles. The molecular weight excluding hydrogens is 244 g/mol. The van der Waals surface area contributed by atoms with Gasteiger partial charge in [0.2, 0.25) is 0 Å². The Morgan fingerprint density at radius 1 is 1.71 bits per heavy atom. The fourth-order valence-electron chi connectivity index (χ4n) is 1.37. The Morgan fingerprint density at radius 3 is 3.06 bits per heavy atom. The highest BCUT2D eigenvalue weighted by Crippen LogP contribution is 2.13. The highest BCUT2D eigenvalue weighted by molar-refractivity contribution is 6.17. The Labute approximate surface area is 105 Å². The van der Waals surface area contributed by atoms with Crippen LogP contribution in [0.3, 0.4) is 0 Å². The topological polar surface area (TPSA) is 71.5 Å². The van der Waals surface area contributed by atoms with Gasteiger partial charge < -0.3 is 15.2 Å². The van der Waals surface area contributed by atoms with E-state index < -0.39 is 0 Å². The Bertz CT molecular complexity index is 367. The molecule has 0 spiro atoms. The van der Waals surface area contributed by atoms with Crippen LogP contribution in [0.25, 0.3) is 0 Å². The smallest absolute Gasteiger partial charge is 0.255 e. The number of alkyl halides is 1. The largest absolute Gasteiger partial charge is 0.505 e. The van der Waals surface area contributed by atoms with Crippen molar-refractivity contribution in [3.8, 4) is 5.75 Å². The predicted octanol–water partition coefficient (Wildman–Crippen LogP) is 1.16. The maximum atomic E-state index is 11.8. The SMILES string of the molecule is COCC(CCCl)NC(=O)c1ccncc1O. The van der Waals surface area contributed by atoms with E-state index in [0.717, 1.165) is 0 Å². The second-order valence-electron chi connectivity index (χ2n) is 3.50. The van der Waals surface area contributed by atoms with Gasteiger partial charge in [-0.15, -0.1) is 11.6 Å². The van der Waals surface area contributed by atoms with Gasteiger partial charge in [0.05, 0.1) is 24.4 Å². The Balaban J connectivity index is 2.67. The van der Waals surface area contributed by atoms with Gasteiger partial charge in [0.15, 0.2) is 0 Å². The molecule has 2 N–H and O–H groups in total. The van der Waals surface area contributed by atoms with E-state index in [4.69, 9.17) is 16.3 Å². The third-order valence-electron chi connectivity index (χ3n) is 2.21. The number of hydrogen-bond acceptors (Lipinski definition) is 4. The van der Waals surface area contributed by atoms with Crippen molar-refractivity contribution < 1.29 is 14.6 Å². The van der Waals surface area contributed by atoms with Crippen molar-refractivity contribution in [3.05, 3.63) is 24.0 Å². The van der Waals surface area contributed by atoms with Gasteiger partial charge >= 0.3 is 0 Å². The lowest BCUT2D eigenvalue weighted by atomic mass is 10.2. The maximum Gasteiger partial charge on any atom is 0.255 e. The number of aromatic nitrogens is 1. The van der Waals surface area contributed by atoms with Crippen molar-refractivity contribution >= 4 is 17.5 Å². The molecule has 1 rings (SSSR count). The van der Waals surface area contributed by atoms with E-state index in [-0.39, 0.29) is 23.3 Å². The summed E-state index contributed by atoms with van der Waals surface area (Å²) >= 11 is 5.63. The van der Waals surface area contributed by atoms with Crippen LogP contribution in [0.4, 0.5) is 0 Å². The Morgan fingerprint density at radius 2 is 2.47 bits per heavy atom. The summed E-state index contributed by atoms with van der Waals surface area (Å²) in [4.78, 5) is 15.5. The lowest BCUT2D eigenvalue weighted by Crippen LogP contribution is -2.38. The molecule has 0 aliphatic rings. The standard InChI is InChI=1S/C11H15ClN2O3/c1-17-7-8(2-4-12)14-11(16)9-3-5-13-6-10(9)15/h3,5-6,8,15H,2,4,7H2,1H3,(H,14,16). The number of rotatable bonds is 6. The van der Waals surface area contributed by atoms with Crippen molar-refractivity contribution in [2.24, 2.45) is 0 Å². The van der Waals surface area contributed by atoms with E-state index in [1.54, 1.807) is 7.11 Å². The van der Waals surface area contributed by atoms with E-state index in [0.29, 0.717) is 18.9 Å². The molecule has 94 valence electrons. The fourth-order valence-corrected chi connectivity index (χ4v) is 1.63. The van der Waals surface area contributed by atoms with Gasteiger partial charge in [-0.3, -0.25) is 9.78 Å². The average Bonchev–Trinajstić information content (AvgIpc) is 2.30. The molecule has 1 aromatic rings. The number of aromatic hydroxyl groups is 1. The van der Waals surface area contributed by atoms with Crippen LogP contribution in [0.2, 0.25) is 0 Å². The third-order valence-corrected chi connectivity index (χ3v) is 2.42. The van der Waals surface area contributed by atoms with E-state index in [9.17, 15) is 9.90 Å². The normalized spacial score (nSPS) is 12.1. The molecule has 0 radical (unpaired) electrons. The lowest BCUT2D eigenvalue weighted by Gasteiger charge is -2.16. The van der Waals surface area contributed by atoms with Gasteiger partial charge in [-0.2, -0.15) is 0 Å². The number of methoxy groups -OCH3 is 1. The molecule has 1 atom stereocenters. The summed E-state index contributed by atoms with van der Waals surface area (Å²) in [5.41, 5.74) is 0.190. The Kier molecular flexibility index (Phi) is 5.72. The van der Waals surface area contributed by atoms with Gasteiger partial charge in [0, 0.05) is 19.2 Å². The van der Waals surface area contributed by atoms with E-state index in [1.165, 1.54) is 18.5 Å². The molecule has 1 unspecified atom stereocenters. The number of carbonyl (C=O) groups is 1. The van der Waals surface area contributed by atoms with Crippen LogP contribution in [0.5, 0.6) is 5.75 Å². The first-order valence-corrected chi connectivity index (χ1v) is 5.71. The molecule has 6 heteroatoms. The van der Waals surface area contributed by atoms with Crippen molar-refractivity contribution in [1.82, 2.24) is 10.3 Å². The minimum atomic E-state index is -0.364. The maximum absolute atomic E-state index is 11.8. The van der Waals surface area contributed by atoms with Crippen LogP contribution < -0.4 is 5.32 Å². The summed E-state index contributed by atoms with van der Waals surface area (Å²) in [6.45, 7) is 0.379.